The SMILES string of the molecule is C[C@]12CCC(=O)C=C1CC[C@@H]1[C@@H]2CC[C@@]2(C)[C@H]1CC[C@]2(O)C(=O)CI. The maximum atomic E-state index is 12.6. The molecule has 0 radical (unpaired) electrons. The summed E-state index contributed by atoms with van der Waals surface area (Å²) in [6.45, 7) is 4.56. The van der Waals surface area contributed by atoms with E-state index in [1.54, 1.807) is 0 Å². The average Bonchev–Trinajstić information content (AvgIpc) is 2.87. The van der Waals surface area contributed by atoms with Crippen LogP contribution >= 0.6 is 22.6 Å². The van der Waals surface area contributed by atoms with Gasteiger partial charge in [0.15, 0.2) is 11.6 Å². The van der Waals surface area contributed by atoms with E-state index in [4.69, 9.17) is 0 Å². The number of allylic oxidation sites excluding steroid dienone is 1. The topological polar surface area (TPSA) is 54.4 Å². The lowest BCUT2D eigenvalue weighted by Gasteiger charge is -2.58. The Bertz CT molecular complexity index is 656. The lowest BCUT2D eigenvalue weighted by atomic mass is 9.46. The molecule has 4 heteroatoms. The van der Waals surface area contributed by atoms with Crippen molar-refractivity contribution in [3.05, 3.63) is 11.6 Å². The summed E-state index contributed by atoms with van der Waals surface area (Å²) < 4.78 is 0.400. The molecule has 138 valence electrons. The molecule has 4 aliphatic carbocycles. The molecule has 4 aliphatic rings. The molecule has 0 aromatic rings. The van der Waals surface area contributed by atoms with Crippen LogP contribution in [0.25, 0.3) is 0 Å². The van der Waals surface area contributed by atoms with Crippen molar-refractivity contribution in [1.29, 1.82) is 0 Å². The van der Waals surface area contributed by atoms with Gasteiger partial charge in [-0.15, -0.1) is 0 Å². The van der Waals surface area contributed by atoms with Gasteiger partial charge in [-0.2, -0.15) is 0 Å². The van der Waals surface area contributed by atoms with Gasteiger partial charge in [-0.3, -0.25) is 9.59 Å². The van der Waals surface area contributed by atoms with Crippen LogP contribution in [-0.4, -0.2) is 26.7 Å². The van der Waals surface area contributed by atoms with E-state index >= 15 is 0 Å². The second-order valence-electron chi connectivity index (χ2n) is 9.38. The fourth-order valence-electron chi connectivity index (χ4n) is 7.14. The van der Waals surface area contributed by atoms with E-state index in [-0.39, 0.29) is 16.6 Å². The van der Waals surface area contributed by atoms with Gasteiger partial charge in [0.1, 0.15) is 5.60 Å². The minimum Gasteiger partial charge on any atom is -0.381 e. The van der Waals surface area contributed by atoms with Crippen LogP contribution in [0.3, 0.4) is 0 Å². The Morgan fingerprint density at radius 1 is 1.16 bits per heavy atom. The van der Waals surface area contributed by atoms with Gasteiger partial charge in [-0.05, 0) is 74.2 Å². The van der Waals surface area contributed by atoms with Gasteiger partial charge in [0.05, 0.1) is 4.43 Å². The van der Waals surface area contributed by atoms with E-state index < -0.39 is 5.60 Å². The number of hydrogen-bond acceptors (Lipinski definition) is 3. The zero-order valence-electron chi connectivity index (χ0n) is 15.3. The molecule has 6 atom stereocenters. The Labute approximate surface area is 164 Å². The zero-order chi connectivity index (χ0) is 18.0. The van der Waals surface area contributed by atoms with E-state index in [2.05, 4.69) is 36.4 Å². The number of ketones is 2. The fraction of sp³-hybridized carbons (Fsp3) is 0.810. The van der Waals surface area contributed by atoms with E-state index in [0.717, 1.165) is 38.5 Å². The molecule has 3 fully saturated rings. The average molecular weight is 456 g/mol. The Kier molecular flexibility index (Phi) is 4.27. The van der Waals surface area contributed by atoms with E-state index in [0.29, 0.717) is 40.8 Å². The summed E-state index contributed by atoms with van der Waals surface area (Å²) in [7, 11) is 0. The first-order valence-electron chi connectivity index (χ1n) is 9.82. The van der Waals surface area contributed by atoms with Crippen molar-refractivity contribution in [3.63, 3.8) is 0 Å². The fourth-order valence-corrected chi connectivity index (χ4v) is 7.77. The largest absolute Gasteiger partial charge is 0.381 e. The molecule has 0 aromatic carbocycles. The highest BCUT2D eigenvalue weighted by molar-refractivity contribution is 14.1. The number of rotatable bonds is 2. The van der Waals surface area contributed by atoms with Crippen LogP contribution in [-0.2, 0) is 9.59 Å². The number of alkyl halides is 1. The molecule has 0 aromatic heterocycles. The van der Waals surface area contributed by atoms with Crippen LogP contribution in [0, 0.1) is 28.6 Å². The third-order valence-electron chi connectivity index (χ3n) is 8.70. The molecule has 0 saturated heterocycles. The van der Waals surface area contributed by atoms with Gasteiger partial charge in [0.25, 0.3) is 0 Å². The molecule has 1 N–H and O–H groups in total. The van der Waals surface area contributed by atoms with Crippen molar-refractivity contribution in [1.82, 2.24) is 0 Å². The van der Waals surface area contributed by atoms with Gasteiger partial charge in [0, 0.05) is 11.8 Å². The number of halogens is 1. The Balaban J connectivity index is 1.68. The van der Waals surface area contributed by atoms with Gasteiger partial charge in [-0.1, -0.05) is 42.0 Å². The first-order chi connectivity index (χ1) is 11.8. The second kappa shape index (κ2) is 5.88. The van der Waals surface area contributed by atoms with Crippen molar-refractivity contribution in [2.75, 3.05) is 4.43 Å². The lowest BCUT2D eigenvalue weighted by molar-refractivity contribution is -0.159. The van der Waals surface area contributed by atoms with E-state index in [1.165, 1.54) is 5.57 Å². The molecule has 0 unspecified atom stereocenters. The third-order valence-corrected chi connectivity index (χ3v) is 9.39. The van der Waals surface area contributed by atoms with Crippen LogP contribution in [0.5, 0.6) is 0 Å². The number of aliphatic hydroxyl groups is 1. The second-order valence-corrected chi connectivity index (χ2v) is 10.1. The number of fused-ring (bicyclic) bond motifs is 5. The highest BCUT2D eigenvalue weighted by Gasteiger charge is 2.65. The summed E-state index contributed by atoms with van der Waals surface area (Å²) >= 11 is 2.10. The zero-order valence-corrected chi connectivity index (χ0v) is 17.5. The minimum atomic E-state index is -1.12. The summed E-state index contributed by atoms with van der Waals surface area (Å²) in [4.78, 5) is 24.5. The maximum absolute atomic E-state index is 12.6. The maximum Gasteiger partial charge on any atom is 0.174 e. The van der Waals surface area contributed by atoms with Crippen molar-refractivity contribution in [2.24, 2.45) is 28.6 Å². The number of hydrogen-bond donors (Lipinski definition) is 1. The van der Waals surface area contributed by atoms with Crippen molar-refractivity contribution >= 4 is 34.2 Å². The molecule has 0 spiro atoms. The third kappa shape index (κ3) is 2.31. The van der Waals surface area contributed by atoms with Crippen LogP contribution in [0.1, 0.15) is 65.2 Å². The van der Waals surface area contributed by atoms with Gasteiger partial charge >= 0.3 is 0 Å². The van der Waals surface area contributed by atoms with Crippen LogP contribution in [0.4, 0.5) is 0 Å². The number of carbonyl (C=O) groups excluding carboxylic acids is 2. The molecule has 25 heavy (non-hydrogen) atoms. The quantitative estimate of drug-likeness (QED) is 0.499. The normalized spacial score (nSPS) is 49.0. The van der Waals surface area contributed by atoms with Crippen LogP contribution in [0.15, 0.2) is 11.6 Å². The smallest absolute Gasteiger partial charge is 0.174 e. The number of carbonyl (C=O) groups is 2. The van der Waals surface area contributed by atoms with E-state index in [1.807, 2.05) is 6.08 Å². The van der Waals surface area contributed by atoms with Crippen molar-refractivity contribution in [2.45, 2.75) is 70.8 Å². The molecule has 4 rings (SSSR count). The van der Waals surface area contributed by atoms with Crippen LogP contribution in [0.2, 0.25) is 0 Å². The van der Waals surface area contributed by atoms with E-state index in [9.17, 15) is 14.7 Å². The molecular weight excluding hydrogens is 427 g/mol. The summed E-state index contributed by atoms with van der Waals surface area (Å²) in [6.07, 6.45) is 9.38. The minimum absolute atomic E-state index is 0.0300. The summed E-state index contributed by atoms with van der Waals surface area (Å²) in [5, 5.41) is 11.3. The van der Waals surface area contributed by atoms with Gasteiger partial charge < -0.3 is 5.11 Å². The lowest BCUT2D eigenvalue weighted by Crippen LogP contribution is -2.57. The molecule has 3 nitrogen and oxygen atoms in total. The first kappa shape index (κ1) is 18.1. The Morgan fingerprint density at radius 2 is 1.88 bits per heavy atom. The summed E-state index contributed by atoms with van der Waals surface area (Å²) in [5.41, 5.74) is 0.152. The molecule has 0 amide bonds. The highest BCUT2D eigenvalue weighted by Crippen LogP contribution is 2.67. The molecule has 0 heterocycles. The number of Topliss-reactive ketones (excluding diaryl/α,β-unsaturated/α-hetero) is 1. The highest BCUT2D eigenvalue weighted by atomic mass is 127. The standard InChI is InChI=1S/C21H29IO3/c1-19-8-5-14(23)11-13(19)3-4-15-16(19)6-9-20(2)17(15)7-10-21(20,25)18(24)12-22/h11,15-17,25H,3-10,12H2,1-2H3/t15-,16+,17+,19+,20+,21+/m1/s1. The monoisotopic (exact) mass is 456 g/mol. The van der Waals surface area contributed by atoms with Crippen molar-refractivity contribution in [3.8, 4) is 0 Å². The molecule has 3 saturated carbocycles. The molecule has 0 bridgehead atoms. The summed E-state index contributed by atoms with van der Waals surface area (Å²) in [5.74, 6) is 1.97. The predicted molar refractivity (Wildman–Crippen MR) is 106 cm³/mol. The summed E-state index contributed by atoms with van der Waals surface area (Å²) in [6, 6.07) is 0. The van der Waals surface area contributed by atoms with Gasteiger partial charge in [-0.25, -0.2) is 0 Å². The Morgan fingerprint density at radius 3 is 2.60 bits per heavy atom. The molecular formula is C21H29IO3. The Hall–Kier alpha value is -0.230. The van der Waals surface area contributed by atoms with Crippen LogP contribution < -0.4 is 0 Å². The first-order valence-corrected chi connectivity index (χ1v) is 11.3. The van der Waals surface area contributed by atoms with Crippen molar-refractivity contribution < 1.29 is 14.7 Å². The predicted octanol–water partition coefficient (Wildman–Crippen LogP) is 4.25. The van der Waals surface area contributed by atoms with Gasteiger partial charge in [0.2, 0.25) is 0 Å². The molecule has 0 aliphatic heterocycles.